The lowest BCUT2D eigenvalue weighted by Gasteiger charge is -2.23. The van der Waals surface area contributed by atoms with Crippen LogP contribution in [0.25, 0.3) is 0 Å². The summed E-state index contributed by atoms with van der Waals surface area (Å²) in [6.45, 7) is 8.11. The van der Waals surface area contributed by atoms with Gasteiger partial charge in [-0.2, -0.15) is 0 Å². The molecule has 0 saturated heterocycles. The number of hydrogen-bond donors (Lipinski definition) is 0. The van der Waals surface area contributed by atoms with E-state index in [-0.39, 0.29) is 18.4 Å². The molecule has 0 N–H and O–H groups in total. The van der Waals surface area contributed by atoms with Crippen molar-refractivity contribution in [1.82, 2.24) is 0 Å². The SMILES string of the molecule is Cc1ccc(OC(=O)CCOP(=O)(Oc2ccccc2)c2ccccc2)c(C(C)(C)C)c1. The quantitative estimate of drug-likeness (QED) is 0.231. The molecule has 0 amide bonds. The van der Waals surface area contributed by atoms with E-state index in [4.69, 9.17) is 13.8 Å². The van der Waals surface area contributed by atoms with Gasteiger partial charge in [0.25, 0.3) is 0 Å². The highest BCUT2D eigenvalue weighted by atomic mass is 31.2. The molecular weight excluding hydrogens is 423 g/mol. The van der Waals surface area contributed by atoms with Gasteiger partial charge in [-0.05, 0) is 42.7 Å². The fourth-order valence-electron chi connectivity index (χ4n) is 3.13. The second kappa shape index (κ2) is 10.2. The number of hydrogen-bond acceptors (Lipinski definition) is 5. The van der Waals surface area contributed by atoms with Crippen molar-refractivity contribution in [3.63, 3.8) is 0 Å². The molecule has 1 atom stereocenters. The van der Waals surface area contributed by atoms with Gasteiger partial charge in [0.15, 0.2) is 0 Å². The topological polar surface area (TPSA) is 61.8 Å². The summed E-state index contributed by atoms with van der Waals surface area (Å²) < 4.78 is 30.6. The number of carbonyl (C=O) groups excluding carboxylic acids is 1. The second-order valence-corrected chi connectivity index (χ2v) is 10.5. The number of esters is 1. The van der Waals surface area contributed by atoms with Gasteiger partial charge in [-0.25, -0.2) is 4.57 Å². The average Bonchev–Trinajstić information content (AvgIpc) is 2.75. The monoisotopic (exact) mass is 452 g/mol. The van der Waals surface area contributed by atoms with Crippen molar-refractivity contribution >= 4 is 18.9 Å². The largest absolute Gasteiger partial charge is 0.426 e. The number of carbonyl (C=O) groups is 1. The van der Waals surface area contributed by atoms with Crippen molar-refractivity contribution in [2.75, 3.05) is 6.61 Å². The van der Waals surface area contributed by atoms with Gasteiger partial charge in [-0.1, -0.05) is 74.9 Å². The summed E-state index contributed by atoms with van der Waals surface area (Å²) in [6.07, 6.45) is -0.0631. The minimum Gasteiger partial charge on any atom is -0.426 e. The number of para-hydroxylation sites is 1. The lowest BCUT2D eigenvalue weighted by atomic mass is 9.85. The van der Waals surface area contributed by atoms with Gasteiger partial charge in [0.2, 0.25) is 0 Å². The molecular formula is C26H29O5P. The van der Waals surface area contributed by atoms with Crippen LogP contribution in [0, 0.1) is 6.92 Å². The third kappa shape index (κ3) is 6.32. The molecule has 0 aliphatic heterocycles. The highest BCUT2D eigenvalue weighted by Crippen LogP contribution is 2.47. The molecule has 168 valence electrons. The van der Waals surface area contributed by atoms with E-state index in [0.29, 0.717) is 16.8 Å². The van der Waals surface area contributed by atoms with E-state index in [0.717, 1.165) is 11.1 Å². The molecule has 0 aromatic heterocycles. The molecule has 3 aromatic rings. The maximum absolute atomic E-state index is 13.6. The Balaban J connectivity index is 1.69. The molecule has 0 radical (unpaired) electrons. The van der Waals surface area contributed by atoms with E-state index in [1.807, 2.05) is 37.3 Å². The Morgan fingerprint density at radius 2 is 1.53 bits per heavy atom. The first kappa shape index (κ1) is 23.8. The third-order valence-corrected chi connectivity index (χ3v) is 6.68. The lowest BCUT2D eigenvalue weighted by Crippen LogP contribution is -2.18. The first-order chi connectivity index (χ1) is 15.2. The van der Waals surface area contributed by atoms with E-state index in [1.165, 1.54) is 0 Å². The summed E-state index contributed by atoms with van der Waals surface area (Å²) >= 11 is 0. The van der Waals surface area contributed by atoms with E-state index in [1.54, 1.807) is 48.5 Å². The van der Waals surface area contributed by atoms with Crippen LogP contribution in [0.3, 0.4) is 0 Å². The van der Waals surface area contributed by atoms with E-state index in [9.17, 15) is 9.36 Å². The van der Waals surface area contributed by atoms with Crippen LogP contribution in [0.15, 0.2) is 78.9 Å². The molecule has 0 spiro atoms. The molecule has 1 unspecified atom stereocenters. The lowest BCUT2D eigenvalue weighted by molar-refractivity contribution is -0.135. The van der Waals surface area contributed by atoms with Crippen LogP contribution in [0.1, 0.15) is 38.3 Å². The van der Waals surface area contributed by atoms with Crippen molar-refractivity contribution in [2.24, 2.45) is 0 Å². The number of rotatable bonds is 8. The Hall–Kier alpha value is -2.88. The first-order valence-electron chi connectivity index (χ1n) is 10.5. The maximum atomic E-state index is 13.6. The molecule has 0 saturated carbocycles. The minimum absolute atomic E-state index is 0.0631. The fraction of sp³-hybridized carbons (Fsp3) is 0.269. The van der Waals surface area contributed by atoms with Gasteiger partial charge in [0.05, 0.1) is 18.3 Å². The molecule has 6 heteroatoms. The summed E-state index contributed by atoms with van der Waals surface area (Å²) in [5, 5.41) is 0.422. The smallest absolute Gasteiger partial charge is 0.410 e. The Kier molecular flexibility index (Phi) is 7.55. The van der Waals surface area contributed by atoms with Crippen LogP contribution in [-0.4, -0.2) is 12.6 Å². The van der Waals surface area contributed by atoms with Gasteiger partial charge in [-0.15, -0.1) is 0 Å². The average molecular weight is 452 g/mol. The molecule has 0 aliphatic rings. The van der Waals surface area contributed by atoms with E-state index < -0.39 is 13.6 Å². The second-order valence-electron chi connectivity index (χ2n) is 8.54. The molecule has 0 aliphatic carbocycles. The predicted octanol–water partition coefficient (Wildman–Crippen LogP) is 6.20. The normalized spacial score (nSPS) is 13.2. The predicted molar refractivity (Wildman–Crippen MR) is 127 cm³/mol. The highest BCUT2D eigenvalue weighted by Gasteiger charge is 2.30. The Morgan fingerprint density at radius 3 is 2.16 bits per heavy atom. The van der Waals surface area contributed by atoms with Crippen molar-refractivity contribution in [2.45, 2.75) is 39.5 Å². The minimum atomic E-state index is -3.68. The molecule has 0 fully saturated rings. The summed E-state index contributed by atoms with van der Waals surface area (Å²) in [4.78, 5) is 12.5. The first-order valence-corrected chi connectivity index (χ1v) is 12.1. The molecule has 3 rings (SSSR count). The fourth-order valence-corrected chi connectivity index (χ4v) is 4.70. The third-order valence-electron chi connectivity index (χ3n) is 4.78. The number of aryl methyl sites for hydroxylation is 1. The maximum Gasteiger partial charge on any atom is 0.410 e. The van der Waals surface area contributed by atoms with Crippen LogP contribution in [-0.2, 0) is 19.3 Å². The van der Waals surface area contributed by atoms with Gasteiger partial charge in [-0.3, -0.25) is 9.32 Å². The number of benzene rings is 3. The van der Waals surface area contributed by atoms with Crippen LogP contribution < -0.4 is 14.6 Å². The van der Waals surface area contributed by atoms with Crippen LogP contribution >= 0.6 is 7.60 Å². The van der Waals surface area contributed by atoms with E-state index >= 15 is 0 Å². The summed E-state index contributed by atoms with van der Waals surface area (Å²) in [6, 6.07) is 23.3. The highest BCUT2D eigenvalue weighted by molar-refractivity contribution is 7.62. The van der Waals surface area contributed by atoms with Crippen LogP contribution in [0.2, 0.25) is 0 Å². The Morgan fingerprint density at radius 1 is 0.906 bits per heavy atom. The zero-order chi connectivity index (χ0) is 23.2. The Labute approximate surface area is 189 Å². The molecule has 5 nitrogen and oxygen atoms in total. The van der Waals surface area contributed by atoms with Gasteiger partial charge >= 0.3 is 13.6 Å². The van der Waals surface area contributed by atoms with Crippen LogP contribution in [0.4, 0.5) is 0 Å². The zero-order valence-corrected chi connectivity index (χ0v) is 19.8. The summed E-state index contributed by atoms with van der Waals surface area (Å²) in [5.41, 5.74) is 1.87. The van der Waals surface area contributed by atoms with Crippen LogP contribution in [0.5, 0.6) is 11.5 Å². The van der Waals surface area contributed by atoms with Crippen molar-refractivity contribution < 1.29 is 23.1 Å². The van der Waals surface area contributed by atoms with Crippen molar-refractivity contribution in [3.8, 4) is 11.5 Å². The molecule has 0 bridgehead atoms. The number of ether oxygens (including phenoxy) is 1. The molecule has 3 aromatic carbocycles. The zero-order valence-electron chi connectivity index (χ0n) is 18.9. The van der Waals surface area contributed by atoms with Gasteiger partial charge in [0.1, 0.15) is 11.5 Å². The summed E-state index contributed by atoms with van der Waals surface area (Å²) in [5.74, 6) is 0.496. The van der Waals surface area contributed by atoms with Crippen molar-refractivity contribution in [1.29, 1.82) is 0 Å². The van der Waals surface area contributed by atoms with Gasteiger partial charge in [0, 0.05) is 5.56 Å². The summed E-state index contributed by atoms with van der Waals surface area (Å²) in [7, 11) is -3.68. The Bertz CT molecular complexity index is 1090. The van der Waals surface area contributed by atoms with Crippen molar-refractivity contribution in [3.05, 3.63) is 90.0 Å². The van der Waals surface area contributed by atoms with Gasteiger partial charge < -0.3 is 9.26 Å². The standard InChI is InChI=1S/C26H29O5P/c1-20-15-16-24(23(19-20)26(2,3)4)30-25(27)17-18-29-32(28,22-13-9-6-10-14-22)31-21-11-7-5-8-12-21/h5-16,19H,17-18H2,1-4H3. The molecule has 0 heterocycles. The van der Waals surface area contributed by atoms with E-state index in [2.05, 4.69) is 20.8 Å². The molecule has 32 heavy (non-hydrogen) atoms.